The molecule has 3 nitrogen and oxygen atoms in total. The van der Waals surface area contributed by atoms with Crippen LogP contribution in [0.1, 0.15) is 71.6 Å². The first-order valence-electron chi connectivity index (χ1n) is 8.95. The smallest absolute Gasteiger partial charge is 0.181 e. The number of sulfone groups is 1. The maximum absolute atomic E-state index is 12.8. The summed E-state index contributed by atoms with van der Waals surface area (Å²) in [5.74, 6) is 0. The van der Waals surface area contributed by atoms with Crippen LogP contribution in [0, 0.1) is 0 Å². The third-order valence-electron chi connectivity index (χ3n) is 4.24. The number of hydrogen-bond acceptors (Lipinski definition) is 3. The fourth-order valence-electron chi connectivity index (χ4n) is 2.91. The summed E-state index contributed by atoms with van der Waals surface area (Å²) in [7, 11) is -3.36. The minimum Gasteiger partial charge on any atom is -0.393 e. The molecular formula is C19H32O3S. The van der Waals surface area contributed by atoms with Gasteiger partial charge in [-0.05, 0) is 31.9 Å². The Labute approximate surface area is 142 Å². The second-order valence-corrected chi connectivity index (χ2v) is 8.70. The van der Waals surface area contributed by atoms with Crippen LogP contribution in [-0.4, -0.2) is 24.9 Å². The zero-order valence-corrected chi connectivity index (χ0v) is 15.4. The lowest BCUT2D eigenvalue weighted by molar-refractivity contribution is 0.181. The van der Waals surface area contributed by atoms with Gasteiger partial charge in [0.1, 0.15) is 0 Å². The van der Waals surface area contributed by atoms with Crippen LogP contribution in [0.4, 0.5) is 0 Å². The minimum absolute atomic E-state index is 0.313. The molecule has 4 heteroatoms. The van der Waals surface area contributed by atoms with Crippen molar-refractivity contribution in [1.29, 1.82) is 0 Å². The molecule has 0 saturated carbocycles. The van der Waals surface area contributed by atoms with Crippen molar-refractivity contribution in [2.45, 2.75) is 87.9 Å². The Morgan fingerprint density at radius 2 is 1.52 bits per heavy atom. The number of unbranched alkanes of at least 4 members (excludes halogenated alkanes) is 6. The highest BCUT2D eigenvalue weighted by Crippen LogP contribution is 2.24. The normalized spacial score (nSPS) is 14.6. The minimum atomic E-state index is -3.36. The number of hydrogen-bond donors (Lipinski definition) is 1. The molecule has 0 heterocycles. The van der Waals surface area contributed by atoms with Crippen LogP contribution in [0.2, 0.25) is 0 Å². The van der Waals surface area contributed by atoms with Gasteiger partial charge in [0, 0.05) is 0 Å². The number of aliphatic hydroxyl groups is 1. The average Bonchev–Trinajstić information content (AvgIpc) is 2.53. The highest BCUT2D eigenvalue weighted by molar-refractivity contribution is 7.92. The van der Waals surface area contributed by atoms with E-state index in [1.54, 1.807) is 31.2 Å². The van der Waals surface area contributed by atoms with Crippen LogP contribution >= 0.6 is 0 Å². The van der Waals surface area contributed by atoms with E-state index >= 15 is 0 Å². The molecule has 0 spiro atoms. The Morgan fingerprint density at radius 3 is 2.09 bits per heavy atom. The quantitative estimate of drug-likeness (QED) is 0.559. The summed E-state index contributed by atoms with van der Waals surface area (Å²) in [6, 6.07) is 8.61. The Morgan fingerprint density at radius 1 is 0.957 bits per heavy atom. The van der Waals surface area contributed by atoms with E-state index in [0.29, 0.717) is 17.7 Å². The SMILES string of the molecule is CCCCCCCCCC(C[C@H](C)O)S(=O)(=O)c1ccccc1. The topological polar surface area (TPSA) is 54.4 Å². The van der Waals surface area contributed by atoms with Gasteiger partial charge in [0.15, 0.2) is 9.84 Å². The molecule has 1 aromatic rings. The summed E-state index contributed by atoms with van der Waals surface area (Å²) in [6.45, 7) is 3.87. The molecule has 2 atom stereocenters. The van der Waals surface area contributed by atoms with E-state index in [1.165, 1.54) is 32.1 Å². The van der Waals surface area contributed by atoms with Gasteiger partial charge in [-0.15, -0.1) is 0 Å². The molecule has 0 bridgehead atoms. The van der Waals surface area contributed by atoms with Crippen molar-refractivity contribution >= 4 is 9.84 Å². The van der Waals surface area contributed by atoms with Crippen molar-refractivity contribution in [2.75, 3.05) is 0 Å². The monoisotopic (exact) mass is 340 g/mol. The van der Waals surface area contributed by atoms with Gasteiger partial charge in [0.2, 0.25) is 0 Å². The van der Waals surface area contributed by atoms with Gasteiger partial charge < -0.3 is 5.11 Å². The fourth-order valence-corrected chi connectivity index (χ4v) is 4.84. The van der Waals surface area contributed by atoms with Crippen molar-refractivity contribution in [3.63, 3.8) is 0 Å². The Balaban J connectivity index is 2.56. The van der Waals surface area contributed by atoms with Crippen LogP contribution in [0.25, 0.3) is 0 Å². The van der Waals surface area contributed by atoms with Crippen LogP contribution < -0.4 is 0 Å². The van der Waals surface area contributed by atoms with E-state index in [4.69, 9.17) is 0 Å². The van der Waals surface area contributed by atoms with E-state index < -0.39 is 21.2 Å². The molecule has 0 aliphatic carbocycles. The molecule has 0 radical (unpaired) electrons. The maximum Gasteiger partial charge on any atom is 0.181 e. The van der Waals surface area contributed by atoms with Crippen LogP contribution in [0.5, 0.6) is 0 Å². The van der Waals surface area contributed by atoms with Crippen molar-refractivity contribution in [1.82, 2.24) is 0 Å². The first-order chi connectivity index (χ1) is 11.0. The second-order valence-electron chi connectivity index (χ2n) is 6.47. The first-order valence-corrected chi connectivity index (χ1v) is 10.5. The zero-order chi connectivity index (χ0) is 17.1. The van der Waals surface area contributed by atoms with Gasteiger partial charge in [0.05, 0.1) is 16.2 Å². The van der Waals surface area contributed by atoms with E-state index in [2.05, 4.69) is 6.92 Å². The molecule has 1 aromatic carbocycles. The molecule has 132 valence electrons. The number of aliphatic hydroxyl groups excluding tert-OH is 1. The first kappa shape index (κ1) is 20.2. The largest absolute Gasteiger partial charge is 0.393 e. The van der Waals surface area contributed by atoms with Crippen molar-refractivity contribution in [3.05, 3.63) is 30.3 Å². The molecule has 0 aliphatic rings. The molecule has 0 aliphatic heterocycles. The van der Waals surface area contributed by atoms with Gasteiger partial charge in [-0.3, -0.25) is 0 Å². The maximum atomic E-state index is 12.8. The summed E-state index contributed by atoms with van der Waals surface area (Å²) in [5, 5.41) is 9.18. The fraction of sp³-hybridized carbons (Fsp3) is 0.684. The van der Waals surface area contributed by atoms with Crippen LogP contribution in [0.3, 0.4) is 0 Å². The lowest BCUT2D eigenvalue weighted by atomic mass is 10.1. The predicted molar refractivity (Wildman–Crippen MR) is 96.3 cm³/mol. The molecule has 23 heavy (non-hydrogen) atoms. The van der Waals surface area contributed by atoms with Gasteiger partial charge in [-0.25, -0.2) is 8.42 Å². The predicted octanol–water partition coefficient (Wildman–Crippen LogP) is 4.74. The molecule has 0 amide bonds. The molecule has 1 N–H and O–H groups in total. The Hall–Kier alpha value is -0.870. The lowest BCUT2D eigenvalue weighted by Crippen LogP contribution is -2.25. The summed E-state index contributed by atoms with van der Waals surface area (Å²) in [5.41, 5.74) is 0. The highest BCUT2D eigenvalue weighted by atomic mass is 32.2. The molecule has 0 fully saturated rings. The average molecular weight is 341 g/mol. The summed E-state index contributed by atoms with van der Waals surface area (Å²) in [4.78, 5) is 0.369. The van der Waals surface area contributed by atoms with Crippen LogP contribution in [-0.2, 0) is 9.84 Å². The molecule has 1 unspecified atom stereocenters. The molecule has 0 aromatic heterocycles. The third-order valence-corrected chi connectivity index (χ3v) is 6.48. The van der Waals surface area contributed by atoms with E-state index in [9.17, 15) is 13.5 Å². The third kappa shape index (κ3) is 7.49. The lowest BCUT2D eigenvalue weighted by Gasteiger charge is -2.19. The Bertz CT molecular complexity index is 509. The summed E-state index contributed by atoms with van der Waals surface area (Å²) < 4.78 is 25.5. The standard InChI is InChI=1S/C19H32O3S/c1-3-4-5-6-7-8-10-15-19(16-17(2)20)23(21,22)18-13-11-9-12-14-18/h9,11-14,17,19-20H,3-8,10,15-16H2,1-2H3/t17-,19?/m0/s1. The molecule has 1 rings (SSSR count). The summed E-state index contributed by atoms with van der Waals surface area (Å²) in [6.07, 6.45) is 8.55. The highest BCUT2D eigenvalue weighted by Gasteiger charge is 2.28. The summed E-state index contributed by atoms with van der Waals surface area (Å²) >= 11 is 0. The van der Waals surface area contributed by atoms with Gasteiger partial charge in [-0.1, -0.05) is 70.1 Å². The number of benzene rings is 1. The molecule has 0 saturated heterocycles. The van der Waals surface area contributed by atoms with E-state index in [-0.39, 0.29) is 0 Å². The van der Waals surface area contributed by atoms with Gasteiger partial charge in [-0.2, -0.15) is 0 Å². The molecular weight excluding hydrogens is 308 g/mol. The van der Waals surface area contributed by atoms with Crippen LogP contribution in [0.15, 0.2) is 35.2 Å². The second kappa shape index (κ2) is 10.8. The van der Waals surface area contributed by atoms with E-state index in [1.807, 2.05) is 6.07 Å². The zero-order valence-electron chi connectivity index (χ0n) is 14.6. The van der Waals surface area contributed by atoms with Gasteiger partial charge in [0.25, 0.3) is 0 Å². The number of rotatable bonds is 12. The van der Waals surface area contributed by atoms with E-state index in [0.717, 1.165) is 12.8 Å². The van der Waals surface area contributed by atoms with Crippen molar-refractivity contribution in [3.8, 4) is 0 Å². The Kier molecular flexibility index (Phi) is 9.49. The van der Waals surface area contributed by atoms with Crippen molar-refractivity contribution in [2.24, 2.45) is 0 Å². The van der Waals surface area contributed by atoms with Crippen molar-refractivity contribution < 1.29 is 13.5 Å². The van der Waals surface area contributed by atoms with Gasteiger partial charge >= 0.3 is 0 Å².